The van der Waals surface area contributed by atoms with Crippen molar-refractivity contribution >= 4 is 12.2 Å². The number of rotatable bonds is 7. The van der Waals surface area contributed by atoms with E-state index in [1.54, 1.807) is 48.6 Å². The fourth-order valence-electron chi connectivity index (χ4n) is 3.65. The summed E-state index contributed by atoms with van der Waals surface area (Å²) < 4.78 is 6.08. The number of aliphatic hydroxyl groups excluding tert-OH is 1. The fourth-order valence-corrected chi connectivity index (χ4v) is 3.65. The molecular weight excluding hydrogens is 448 g/mol. The Morgan fingerprint density at radius 3 is 1.60 bits per heavy atom. The average Bonchev–Trinajstić information content (AvgIpc) is 2.81. The molecule has 2 atom stereocenters. The molecule has 0 heterocycles. The maximum absolute atomic E-state index is 11.1. The highest BCUT2D eigenvalue weighted by Crippen LogP contribution is 2.37. The van der Waals surface area contributed by atoms with Gasteiger partial charge in [-0.3, -0.25) is 0 Å². The number of aromatic hydroxyl groups is 5. The van der Waals surface area contributed by atoms with Crippen LogP contribution in [0.2, 0.25) is 0 Å². The molecule has 0 fully saturated rings. The van der Waals surface area contributed by atoms with Gasteiger partial charge in [-0.1, -0.05) is 36.4 Å². The van der Waals surface area contributed by atoms with Gasteiger partial charge in [-0.15, -0.1) is 0 Å². The summed E-state index contributed by atoms with van der Waals surface area (Å²) >= 11 is 0. The molecule has 0 spiro atoms. The molecule has 0 radical (unpaired) electrons. The lowest BCUT2D eigenvalue weighted by molar-refractivity contribution is 0.0341. The molecule has 2 unspecified atom stereocenters. The first-order valence-corrected chi connectivity index (χ1v) is 10.7. The Morgan fingerprint density at radius 2 is 1.03 bits per heavy atom. The van der Waals surface area contributed by atoms with Gasteiger partial charge in [-0.05, 0) is 65.2 Å². The smallest absolute Gasteiger partial charge is 0.154 e. The molecule has 0 aliphatic heterocycles. The van der Waals surface area contributed by atoms with Gasteiger partial charge >= 0.3 is 0 Å². The van der Waals surface area contributed by atoms with Crippen LogP contribution in [-0.2, 0) is 0 Å². The first-order valence-electron chi connectivity index (χ1n) is 10.7. The first kappa shape index (κ1) is 23.5. The van der Waals surface area contributed by atoms with Crippen LogP contribution < -0.4 is 4.74 Å². The molecule has 0 saturated heterocycles. The Kier molecular flexibility index (Phi) is 6.80. The van der Waals surface area contributed by atoms with Crippen molar-refractivity contribution in [2.45, 2.75) is 12.2 Å². The Morgan fingerprint density at radius 1 is 0.514 bits per heavy atom. The topological polar surface area (TPSA) is 131 Å². The summed E-state index contributed by atoms with van der Waals surface area (Å²) in [5.74, 6) is 0.0602. The number of aliphatic hydroxyl groups is 1. The zero-order chi connectivity index (χ0) is 24.9. The van der Waals surface area contributed by atoms with Crippen molar-refractivity contribution in [3.63, 3.8) is 0 Å². The predicted octanol–water partition coefficient (Wildman–Crippen LogP) is 5.24. The molecule has 0 aliphatic rings. The van der Waals surface area contributed by atoms with Gasteiger partial charge in [0.2, 0.25) is 0 Å². The number of hydrogen-bond donors (Lipinski definition) is 6. The lowest BCUT2D eigenvalue weighted by atomic mass is 9.97. The molecule has 7 nitrogen and oxygen atoms in total. The molecule has 4 rings (SSSR count). The molecule has 0 saturated carbocycles. The monoisotopic (exact) mass is 472 g/mol. The quantitative estimate of drug-likeness (QED) is 0.203. The van der Waals surface area contributed by atoms with Gasteiger partial charge in [0.05, 0.1) is 0 Å². The summed E-state index contributed by atoms with van der Waals surface area (Å²) in [4.78, 5) is 0. The molecule has 0 aromatic heterocycles. The molecule has 35 heavy (non-hydrogen) atoms. The lowest BCUT2D eigenvalue weighted by Gasteiger charge is -2.25. The van der Waals surface area contributed by atoms with Crippen LogP contribution in [0.25, 0.3) is 12.2 Å². The standard InChI is InChI=1S/C28H24O7/c29-21-7-5-19(6-8-21)27(34)28(20-13-24(32)16-25(33)14-20)35-26-9-3-17(4-10-26)1-2-18-11-22(30)15-23(31)12-18/h1-16,27-34H/b2-1+. The molecule has 4 aromatic carbocycles. The van der Waals surface area contributed by atoms with Crippen LogP contribution in [-0.4, -0.2) is 30.6 Å². The third-order valence-electron chi connectivity index (χ3n) is 5.31. The molecule has 0 amide bonds. The number of phenolic OH excluding ortho intramolecular Hbond substituents is 5. The number of benzene rings is 4. The number of hydrogen-bond acceptors (Lipinski definition) is 7. The molecule has 178 valence electrons. The average molecular weight is 472 g/mol. The Hall–Kier alpha value is -4.62. The van der Waals surface area contributed by atoms with Crippen molar-refractivity contribution in [2.75, 3.05) is 0 Å². The number of ether oxygens (including phenoxy) is 1. The van der Waals surface area contributed by atoms with E-state index < -0.39 is 12.2 Å². The highest BCUT2D eigenvalue weighted by Gasteiger charge is 2.26. The third-order valence-corrected chi connectivity index (χ3v) is 5.31. The second-order valence-corrected chi connectivity index (χ2v) is 8.04. The van der Waals surface area contributed by atoms with E-state index in [-0.39, 0.29) is 28.7 Å². The van der Waals surface area contributed by atoms with E-state index in [9.17, 15) is 30.6 Å². The SMILES string of the molecule is Oc1ccc(C(O)C(Oc2ccc(/C=C/c3cc(O)cc(O)c3)cc2)c2cc(O)cc(O)c2)cc1. The van der Waals surface area contributed by atoms with E-state index in [0.29, 0.717) is 22.4 Å². The van der Waals surface area contributed by atoms with Gasteiger partial charge in [0.15, 0.2) is 6.10 Å². The molecular formula is C28H24O7. The van der Waals surface area contributed by atoms with Crippen molar-refractivity contribution in [1.29, 1.82) is 0 Å². The van der Waals surface area contributed by atoms with E-state index in [2.05, 4.69) is 0 Å². The zero-order valence-electron chi connectivity index (χ0n) is 18.5. The second-order valence-electron chi connectivity index (χ2n) is 8.04. The summed E-state index contributed by atoms with van der Waals surface area (Å²) in [5.41, 5.74) is 2.29. The van der Waals surface area contributed by atoms with Gasteiger partial charge in [0.25, 0.3) is 0 Å². The van der Waals surface area contributed by atoms with Crippen LogP contribution in [0.4, 0.5) is 0 Å². The highest BCUT2D eigenvalue weighted by molar-refractivity contribution is 5.71. The zero-order valence-corrected chi connectivity index (χ0v) is 18.5. The number of phenols is 5. The highest BCUT2D eigenvalue weighted by atomic mass is 16.5. The van der Waals surface area contributed by atoms with E-state index >= 15 is 0 Å². The van der Waals surface area contributed by atoms with Crippen molar-refractivity contribution < 1.29 is 35.4 Å². The molecule has 0 aliphatic carbocycles. The van der Waals surface area contributed by atoms with Crippen LogP contribution in [0, 0.1) is 0 Å². The summed E-state index contributed by atoms with van der Waals surface area (Å²) in [6, 6.07) is 21.3. The summed E-state index contributed by atoms with van der Waals surface area (Å²) in [6.07, 6.45) is 1.39. The van der Waals surface area contributed by atoms with Crippen molar-refractivity contribution in [2.24, 2.45) is 0 Å². The van der Waals surface area contributed by atoms with Gasteiger partial charge in [0.1, 0.15) is 40.6 Å². The lowest BCUT2D eigenvalue weighted by Crippen LogP contribution is -2.17. The molecule has 0 bridgehead atoms. The normalized spacial score (nSPS) is 12.9. The van der Waals surface area contributed by atoms with Crippen LogP contribution in [0.15, 0.2) is 84.9 Å². The van der Waals surface area contributed by atoms with Gasteiger partial charge < -0.3 is 35.4 Å². The summed E-state index contributed by atoms with van der Waals surface area (Å²) in [5, 5.41) is 59.7. The van der Waals surface area contributed by atoms with Crippen molar-refractivity contribution in [3.8, 4) is 34.5 Å². The first-order chi connectivity index (χ1) is 16.8. The fraction of sp³-hybridized carbons (Fsp3) is 0.0714. The van der Waals surface area contributed by atoms with Crippen LogP contribution in [0.3, 0.4) is 0 Å². The Bertz CT molecular complexity index is 1290. The molecule has 7 heteroatoms. The second kappa shape index (κ2) is 10.1. The summed E-state index contributed by atoms with van der Waals surface area (Å²) in [7, 11) is 0. The van der Waals surface area contributed by atoms with Gasteiger partial charge in [0, 0.05) is 17.7 Å². The van der Waals surface area contributed by atoms with E-state index in [1.165, 1.54) is 48.5 Å². The maximum Gasteiger partial charge on any atom is 0.154 e. The largest absolute Gasteiger partial charge is 0.508 e. The minimum absolute atomic E-state index is 0.0374. The Balaban J connectivity index is 1.58. The van der Waals surface area contributed by atoms with E-state index in [4.69, 9.17) is 4.74 Å². The van der Waals surface area contributed by atoms with Gasteiger partial charge in [-0.25, -0.2) is 0 Å². The maximum atomic E-state index is 11.1. The van der Waals surface area contributed by atoms with Crippen LogP contribution in [0.5, 0.6) is 34.5 Å². The molecule has 4 aromatic rings. The Labute approximate surface area is 201 Å². The van der Waals surface area contributed by atoms with Crippen LogP contribution in [0.1, 0.15) is 34.5 Å². The van der Waals surface area contributed by atoms with Crippen molar-refractivity contribution in [1.82, 2.24) is 0 Å². The third kappa shape index (κ3) is 6.04. The minimum atomic E-state index is -1.17. The predicted molar refractivity (Wildman–Crippen MR) is 131 cm³/mol. The summed E-state index contributed by atoms with van der Waals surface area (Å²) in [6.45, 7) is 0. The van der Waals surface area contributed by atoms with E-state index in [0.717, 1.165) is 5.56 Å². The molecule has 6 N–H and O–H groups in total. The van der Waals surface area contributed by atoms with Crippen LogP contribution >= 0.6 is 0 Å². The van der Waals surface area contributed by atoms with E-state index in [1.807, 2.05) is 0 Å². The van der Waals surface area contributed by atoms with Crippen molar-refractivity contribution in [3.05, 3.63) is 107 Å². The van der Waals surface area contributed by atoms with Gasteiger partial charge in [-0.2, -0.15) is 0 Å². The minimum Gasteiger partial charge on any atom is -0.508 e.